The smallest absolute Gasteiger partial charge is 0.423 e. The van der Waals surface area contributed by atoms with Crippen LogP contribution in [-0.4, -0.2) is 40.0 Å². The van der Waals surface area contributed by atoms with Gasteiger partial charge < -0.3 is 14.9 Å². The molecule has 7 nitrogen and oxygen atoms in total. The van der Waals surface area contributed by atoms with Gasteiger partial charge in [-0.1, -0.05) is 18.2 Å². The Morgan fingerprint density at radius 1 is 1.16 bits per heavy atom. The van der Waals surface area contributed by atoms with E-state index in [4.69, 9.17) is 10.0 Å². The molecule has 0 aromatic heterocycles. The van der Waals surface area contributed by atoms with Crippen molar-refractivity contribution in [2.45, 2.75) is 12.8 Å². The molecule has 0 unspecified atom stereocenters. The van der Waals surface area contributed by atoms with Gasteiger partial charge in [0.25, 0.3) is 11.8 Å². The number of amides is 2. The summed E-state index contributed by atoms with van der Waals surface area (Å²) in [7, 11) is -1.85. The van der Waals surface area contributed by atoms with Gasteiger partial charge in [0.1, 0.15) is 0 Å². The molecule has 2 rings (SSSR count). The van der Waals surface area contributed by atoms with Crippen molar-refractivity contribution in [1.82, 2.24) is 5.06 Å². The first-order valence-electron chi connectivity index (χ1n) is 5.54. The zero-order valence-electron chi connectivity index (χ0n) is 9.78. The van der Waals surface area contributed by atoms with Crippen LogP contribution in [0, 0.1) is 0 Å². The predicted molar refractivity (Wildman–Crippen MR) is 62.8 cm³/mol. The third-order valence-corrected chi connectivity index (χ3v) is 2.64. The fraction of sp³-hybridized carbons (Fsp3) is 0.182. The fourth-order valence-electron chi connectivity index (χ4n) is 1.70. The van der Waals surface area contributed by atoms with Gasteiger partial charge in [-0.25, -0.2) is 4.79 Å². The summed E-state index contributed by atoms with van der Waals surface area (Å²) in [5, 5.41) is 18.6. The second-order valence-corrected chi connectivity index (χ2v) is 3.92. The molecule has 0 aliphatic carbocycles. The van der Waals surface area contributed by atoms with Gasteiger partial charge >= 0.3 is 13.1 Å². The summed E-state index contributed by atoms with van der Waals surface area (Å²) in [6.07, 6.45) is -0.00717. The van der Waals surface area contributed by atoms with Gasteiger partial charge in [0.2, 0.25) is 0 Å². The van der Waals surface area contributed by atoms with Crippen LogP contribution in [0.2, 0.25) is 0 Å². The molecule has 1 fully saturated rings. The topological polar surface area (TPSA) is 104 Å². The molecule has 1 aromatic carbocycles. The maximum atomic E-state index is 11.8. The van der Waals surface area contributed by atoms with Crippen LogP contribution in [0.4, 0.5) is 0 Å². The molecule has 0 saturated carbocycles. The number of hydroxylamine groups is 2. The van der Waals surface area contributed by atoms with Crippen molar-refractivity contribution in [3.05, 3.63) is 29.8 Å². The van der Waals surface area contributed by atoms with Crippen molar-refractivity contribution in [2.24, 2.45) is 0 Å². The quantitative estimate of drug-likeness (QED) is 0.512. The lowest BCUT2D eigenvalue weighted by atomic mass is 9.77. The Hall–Kier alpha value is -2.19. The van der Waals surface area contributed by atoms with Crippen molar-refractivity contribution < 1.29 is 29.3 Å². The average Bonchev–Trinajstić information content (AvgIpc) is 2.70. The summed E-state index contributed by atoms with van der Waals surface area (Å²) < 4.78 is 0. The second kappa shape index (κ2) is 5.21. The van der Waals surface area contributed by atoms with Gasteiger partial charge in [-0.3, -0.25) is 9.59 Å². The van der Waals surface area contributed by atoms with Gasteiger partial charge in [0.15, 0.2) is 0 Å². The Morgan fingerprint density at radius 3 is 2.32 bits per heavy atom. The van der Waals surface area contributed by atoms with Crippen LogP contribution in [0.1, 0.15) is 23.2 Å². The molecule has 19 heavy (non-hydrogen) atoms. The third-order valence-electron chi connectivity index (χ3n) is 2.64. The zero-order valence-corrected chi connectivity index (χ0v) is 9.78. The fourth-order valence-corrected chi connectivity index (χ4v) is 1.70. The Morgan fingerprint density at radius 2 is 1.74 bits per heavy atom. The number of carbonyl (C=O) groups excluding carboxylic acids is 3. The van der Waals surface area contributed by atoms with E-state index in [2.05, 4.69) is 4.84 Å². The summed E-state index contributed by atoms with van der Waals surface area (Å²) >= 11 is 0. The van der Waals surface area contributed by atoms with Crippen LogP contribution in [0.5, 0.6) is 0 Å². The van der Waals surface area contributed by atoms with Gasteiger partial charge in [-0.05, 0) is 11.5 Å². The Kier molecular flexibility index (Phi) is 3.63. The molecule has 2 N–H and O–H groups in total. The zero-order chi connectivity index (χ0) is 14.0. The van der Waals surface area contributed by atoms with Crippen molar-refractivity contribution in [3.8, 4) is 0 Å². The Bertz CT molecular complexity index is 528. The number of rotatable bonds is 3. The number of hydrogen-bond donors (Lipinski definition) is 2. The molecule has 1 aromatic rings. The summed E-state index contributed by atoms with van der Waals surface area (Å²) in [4.78, 5) is 39.1. The van der Waals surface area contributed by atoms with Crippen molar-refractivity contribution in [2.75, 3.05) is 0 Å². The van der Waals surface area contributed by atoms with Crippen molar-refractivity contribution >= 4 is 30.4 Å². The predicted octanol–water partition coefficient (Wildman–Crippen LogP) is -1.41. The summed E-state index contributed by atoms with van der Waals surface area (Å²) in [6, 6.07) is 5.64. The minimum absolute atomic E-state index is 0.00359. The SMILES string of the molecule is O=C(ON1C(=O)CCC1=O)c1ccccc1B(O)O. The first-order chi connectivity index (χ1) is 9.00. The summed E-state index contributed by atoms with van der Waals surface area (Å²) in [5.41, 5.74) is -0.184. The Labute approximate surface area is 108 Å². The highest BCUT2D eigenvalue weighted by Crippen LogP contribution is 2.13. The maximum absolute atomic E-state index is 11.8. The number of carbonyl (C=O) groups is 3. The molecule has 0 spiro atoms. The van der Waals surface area contributed by atoms with E-state index in [1.165, 1.54) is 24.3 Å². The normalized spacial score (nSPS) is 14.7. The largest absolute Gasteiger partial charge is 0.489 e. The van der Waals surface area contributed by atoms with Crippen LogP contribution in [0.3, 0.4) is 0 Å². The molecule has 2 amide bonds. The monoisotopic (exact) mass is 263 g/mol. The van der Waals surface area contributed by atoms with E-state index in [0.717, 1.165) is 0 Å². The number of benzene rings is 1. The lowest BCUT2D eigenvalue weighted by Gasteiger charge is -2.14. The lowest BCUT2D eigenvalue weighted by molar-refractivity contribution is -0.172. The van der Waals surface area contributed by atoms with Crippen LogP contribution in [0.25, 0.3) is 0 Å². The third kappa shape index (κ3) is 2.64. The van der Waals surface area contributed by atoms with Crippen LogP contribution < -0.4 is 5.46 Å². The number of nitrogens with zero attached hydrogens (tertiary/aromatic N) is 1. The van der Waals surface area contributed by atoms with E-state index in [1.54, 1.807) is 0 Å². The van der Waals surface area contributed by atoms with Crippen molar-refractivity contribution in [3.63, 3.8) is 0 Å². The van der Waals surface area contributed by atoms with Gasteiger partial charge in [0, 0.05) is 12.8 Å². The molecule has 8 heteroatoms. The molecule has 0 atom stereocenters. The van der Waals surface area contributed by atoms with E-state index >= 15 is 0 Å². The molecule has 1 saturated heterocycles. The molecule has 98 valence electrons. The minimum Gasteiger partial charge on any atom is -0.423 e. The summed E-state index contributed by atoms with van der Waals surface area (Å²) in [5.74, 6) is -2.19. The van der Waals surface area contributed by atoms with E-state index in [-0.39, 0.29) is 23.9 Å². The molecular weight excluding hydrogens is 253 g/mol. The van der Waals surface area contributed by atoms with Crippen LogP contribution in [0.15, 0.2) is 24.3 Å². The second-order valence-electron chi connectivity index (χ2n) is 3.92. The van der Waals surface area contributed by atoms with Crippen molar-refractivity contribution in [1.29, 1.82) is 0 Å². The lowest BCUT2D eigenvalue weighted by Crippen LogP contribution is -2.38. The molecule has 0 radical (unpaired) electrons. The van der Waals surface area contributed by atoms with Gasteiger partial charge in [-0.15, -0.1) is 5.06 Å². The summed E-state index contributed by atoms with van der Waals surface area (Å²) in [6.45, 7) is 0. The molecule has 1 aliphatic rings. The number of imide groups is 1. The molecule has 0 bridgehead atoms. The molecular formula is C11H10BNO6. The van der Waals surface area contributed by atoms with Crippen LogP contribution >= 0.6 is 0 Å². The van der Waals surface area contributed by atoms with Crippen LogP contribution in [-0.2, 0) is 14.4 Å². The average molecular weight is 263 g/mol. The van der Waals surface area contributed by atoms with E-state index in [0.29, 0.717) is 5.06 Å². The first-order valence-corrected chi connectivity index (χ1v) is 5.54. The highest BCUT2D eigenvalue weighted by Gasteiger charge is 2.34. The number of hydrogen-bond acceptors (Lipinski definition) is 6. The molecule has 1 aliphatic heterocycles. The van der Waals surface area contributed by atoms with E-state index in [1.807, 2.05) is 0 Å². The highest BCUT2D eigenvalue weighted by molar-refractivity contribution is 6.60. The highest BCUT2D eigenvalue weighted by atomic mass is 16.7. The Balaban J connectivity index is 2.21. The maximum Gasteiger partial charge on any atom is 0.489 e. The standard InChI is InChI=1S/C11H10BNO6/c14-9-5-6-10(15)13(9)19-11(16)7-3-1-2-4-8(7)12(17)18/h1-4,17-18H,5-6H2. The molecule has 1 heterocycles. The van der Waals surface area contributed by atoms with E-state index < -0.39 is 24.9 Å². The minimum atomic E-state index is -1.85. The first kappa shape index (κ1) is 13.3. The van der Waals surface area contributed by atoms with Gasteiger partial charge in [0.05, 0.1) is 5.56 Å². The van der Waals surface area contributed by atoms with E-state index in [9.17, 15) is 14.4 Å². The van der Waals surface area contributed by atoms with Gasteiger partial charge in [-0.2, -0.15) is 0 Å².